The molecule has 0 aliphatic heterocycles. The fourth-order valence-electron chi connectivity index (χ4n) is 2.05. The summed E-state index contributed by atoms with van der Waals surface area (Å²) < 4.78 is 31.0. The zero-order chi connectivity index (χ0) is 19.3. The van der Waals surface area contributed by atoms with Crippen molar-refractivity contribution in [2.24, 2.45) is 0 Å². The van der Waals surface area contributed by atoms with Crippen molar-refractivity contribution in [3.8, 4) is 5.75 Å². The standard InChI is InChI=1S/C17H17ClN2O5S/c1-12(21)19-14-6-8-16(9-7-14)26(23,24)20(2)11-17(22)25-15-5-3-4-13(18)10-15/h3-10H,11H2,1-2H3,(H,19,21). The first kappa shape index (κ1) is 19.9. The van der Waals surface area contributed by atoms with Crippen molar-refractivity contribution in [1.82, 2.24) is 4.31 Å². The van der Waals surface area contributed by atoms with Crippen LogP contribution < -0.4 is 10.1 Å². The Kier molecular flexibility index (Phi) is 6.36. The Morgan fingerprint density at radius 1 is 1.15 bits per heavy atom. The Labute approximate surface area is 156 Å². The van der Waals surface area contributed by atoms with E-state index in [1.54, 1.807) is 18.2 Å². The average molecular weight is 397 g/mol. The number of hydrogen-bond acceptors (Lipinski definition) is 5. The third-order valence-electron chi connectivity index (χ3n) is 3.26. The summed E-state index contributed by atoms with van der Waals surface area (Å²) in [6.45, 7) is 0.881. The summed E-state index contributed by atoms with van der Waals surface area (Å²) >= 11 is 5.81. The molecule has 0 bridgehead atoms. The van der Waals surface area contributed by atoms with Crippen LogP contribution in [-0.4, -0.2) is 38.2 Å². The largest absolute Gasteiger partial charge is 0.426 e. The molecular formula is C17H17ClN2O5S. The monoisotopic (exact) mass is 396 g/mol. The second kappa shape index (κ2) is 8.31. The lowest BCUT2D eigenvalue weighted by Crippen LogP contribution is -2.34. The molecule has 0 unspecified atom stereocenters. The second-order valence-electron chi connectivity index (χ2n) is 5.40. The maximum Gasteiger partial charge on any atom is 0.326 e. The van der Waals surface area contributed by atoms with Crippen LogP contribution in [0.2, 0.25) is 5.02 Å². The predicted octanol–water partition coefficient (Wildman–Crippen LogP) is 2.52. The third-order valence-corrected chi connectivity index (χ3v) is 5.32. The first-order valence-corrected chi connectivity index (χ1v) is 9.30. The summed E-state index contributed by atoms with van der Waals surface area (Å²) in [6.07, 6.45) is 0. The lowest BCUT2D eigenvalue weighted by atomic mass is 10.3. The molecule has 7 nitrogen and oxygen atoms in total. The van der Waals surface area contributed by atoms with E-state index in [-0.39, 0.29) is 16.6 Å². The number of ether oxygens (including phenoxy) is 1. The average Bonchev–Trinajstić information content (AvgIpc) is 2.54. The SMILES string of the molecule is CC(=O)Nc1ccc(S(=O)(=O)N(C)CC(=O)Oc2cccc(Cl)c2)cc1. The van der Waals surface area contributed by atoms with Crippen LogP contribution in [0.25, 0.3) is 0 Å². The minimum atomic E-state index is -3.89. The van der Waals surface area contributed by atoms with Crippen LogP contribution in [0.5, 0.6) is 5.75 Å². The van der Waals surface area contributed by atoms with Gasteiger partial charge in [-0.2, -0.15) is 4.31 Å². The minimum Gasteiger partial charge on any atom is -0.426 e. The van der Waals surface area contributed by atoms with Gasteiger partial charge in [-0.25, -0.2) is 8.42 Å². The van der Waals surface area contributed by atoms with Crippen LogP contribution in [-0.2, 0) is 19.6 Å². The molecule has 0 aromatic heterocycles. The van der Waals surface area contributed by atoms with Gasteiger partial charge in [0.2, 0.25) is 15.9 Å². The smallest absolute Gasteiger partial charge is 0.326 e. The first-order chi connectivity index (χ1) is 12.2. The van der Waals surface area contributed by atoms with Gasteiger partial charge in [0.15, 0.2) is 0 Å². The number of carbonyl (C=O) groups excluding carboxylic acids is 2. The fourth-order valence-corrected chi connectivity index (χ4v) is 3.35. The number of rotatable bonds is 6. The quantitative estimate of drug-likeness (QED) is 0.598. The Morgan fingerprint density at radius 2 is 1.81 bits per heavy atom. The number of nitrogens with zero attached hydrogens (tertiary/aromatic N) is 1. The molecule has 0 aliphatic carbocycles. The van der Waals surface area contributed by atoms with Gasteiger partial charge in [-0.05, 0) is 42.5 Å². The molecule has 1 amide bonds. The van der Waals surface area contributed by atoms with Gasteiger partial charge >= 0.3 is 5.97 Å². The van der Waals surface area contributed by atoms with Crippen LogP contribution in [0.4, 0.5) is 5.69 Å². The molecule has 138 valence electrons. The highest BCUT2D eigenvalue weighted by Crippen LogP contribution is 2.19. The van der Waals surface area contributed by atoms with Gasteiger partial charge in [0, 0.05) is 24.7 Å². The normalized spacial score (nSPS) is 11.2. The molecule has 0 radical (unpaired) electrons. The van der Waals surface area contributed by atoms with Crippen LogP contribution in [0.1, 0.15) is 6.92 Å². The molecule has 0 spiro atoms. The first-order valence-electron chi connectivity index (χ1n) is 7.49. The van der Waals surface area contributed by atoms with Crippen LogP contribution in [0, 0.1) is 0 Å². The number of likely N-dealkylation sites (N-methyl/N-ethyl adjacent to an activating group) is 1. The van der Waals surface area contributed by atoms with Crippen molar-refractivity contribution in [1.29, 1.82) is 0 Å². The van der Waals surface area contributed by atoms with E-state index in [4.69, 9.17) is 16.3 Å². The summed E-state index contributed by atoms with van der Waals surface area (Å²) in [5.41, 5.74) is 0.472. The van der Waals surface area contributed by atoms with Gasteiger partial charge in [-0.15, -0.1) is 0 Å². The van der Waals surface area contributed by atoms with E-state index in [1.807, 2.05) is 0 Å². The van der Waals surface area contributed by atoms with Gasteiger partial charge < -0.3 is 10.1 Å². The molecule has 0 aliphatic rings. The van der Waals surface area contributed by atoms with Crippen molar-refractivity contribution >= 4 is 39.2 Å². The number of carbonyl (C=O) groups is 2. The zero-order valence-electron chi connectivity index (χ0n) is 14.1. The molecule has 26 heavy (non-hydrogen) atoms. The summed E-state index contributed by atoms with van der Waals surface area (Å²) in [7, 11) is -2.61. The van der Waals surface area contributed by atoms with E-state index in [1.165, 1.54) is 44.3 Å². The van der Waals surface area contributed by atoms with E-state index < -0.39 is 22.5 Å². The second-order valence-corrected chi connectivity index (χ2v) is 7.88. The maximum absolute atomic E-state index is 12.5. The number of sulfonamides is 1. The molecule has 0 fully saturated rings. The molecule has 2 rings (SSSR count). The summed E-state index contributed by atoms with van der Waals surface area (Å²) in [5.74, 6) is -0.775. The number of esters is 1. The van der Waals surface area contributed by atoms with Gasteiger partial charge in [0.1, 0.15) is 12.3 Å². The van der Waals surface area contributed by atoms with E-state index in [2.05, 4.69) is 5.32 Å². The van der Waals surface area contributed by atoms with Crippen molar-refractivity contribution < 1.29 is 22.7 Å². The van der Waals surface area contributed by atoms with Gasteiger partial charge in [0.05, 0.1) is 4.90 Å². The highest BCUT2D eigenvalue weighted by molar-refractivity contribution is 7.89. The van der Waals surface area contributed by atoms with Crippen LogP contribution in [0.3, 0.4) is 0 Å². The number of anilines is 1. The van der Waals surface area contributed by atoms with Crippen molar-refractivity contribution in [3.63, 3.8) is 0 Å². The van der Waals surface area contributed by atoms with Crippen molar-refractivity contribution in [2.45, 2.75) is 11.8 Å². The van der Waals surface area contributed by atoms with Crippen molar-refractivity contribution in [2.75, 3.05) is 18.9 Å². The minimum absolute atomic E-state index is 0.00958. The molecule has 2 aromatic carbocycles. The predicted molar refractivity (Wildman–Crippen MR) is 97.6 cm³/mol. The lowest BCUT2D eigenvalue weighted by Gasteiger charge is -2.16. The number of hydrogen-bond donors (Lipinski definition) is 1. The number of amides is 1. The maximum atomic E-state index is 12.5. The van der Waals surface area contributed by atoms with Crippen LogP contribution >= 0.6 is 11.6 Å². The Hall–Kier alpha value is -2.42. The molecule has 0 atom stereocenters. The highest BCUT2D eigenvalue weighted by Gasteiger charge is 2.23. The summed E-state index contributed by atoms with van der Waals surface area (Å²) in [4.78, 5) is 23.0. The number of halogens is 1. The van der Waals surface area contributed by atoms with Gasteiger partial charge in [-0.1, -0.05) is 17.7 Å². The fraction of sp³-hybridized carbons (Fsp3) is 0.176. The molecular weight excluding hydrogens is 380 g/mol. The van der Waals surface area contributed by atoms with Gasteiger partial charge in [0.25, 0.3) is 0 Å². The van der Waals surface area contributed by atoms with E-state index in [0.717, 1.165) is 4.31 Å². The number of benzene rings is 2. The lowest BCUT2D eigenvalue weighted by molar-refractivity contribution is -0.134. The Bertz CT molecular complexity index is 913. The molecule has 9 heteroatoms. The molecule has 0 saturated heterocycles. The van der Waals surface area contributed by atoms with Crippen molar-refractivity contribution in [3.05, 3.63) is 53.6 Å². The van der Waals surface area contributed by atoms with E-state index in [0.29, 0.717) is 10.7 Å². The number of nitrogens with one attached hydrogen (secondary N) is 1. The zero-order valence-corrected chi connectivity index (χ0v) is 15.7. The van der Waals surface area contributed by atoms with E-state index in [9.17, 15) is 18.0 Å². The summed E-state index contributed by atoms with van der Waals surface area (Å²) in [5, 5.41) is 2.94. The van der Waals surface area contributed by atoms with E-state index >= 15 is 0 Å². The third kappa shape index (κ3) is 5.29. The molecule has 2 aromatic rings. The van der Waals surface area contributed by atoms with Crippen LogP contribution in [0.15, 0.2) is 53.4 Å². The molecule has 1 N–H and O–H groups in total. The Balaban J connectivity index is 2.05. The highest BCUT2D eigenvalue weighted by atomic mass is 35.5. The topological polar surface area (TPSA) is 92.8 Å². The summed E-state index contributed by atoms with van der Waals surface area (Å²) in [6, 6.07) is 11.9. The molecule has 0 saturated carbocycles. The van der Waals surface area contributed by atoms with Gasteiger partial charge in [-0.3, -0.25) is 9.59 Å². The molecule has 0 heterocycles. The Morgan fingerprint density at radius 3 is 2.38 bits per heavy atom.